The maximum absolute atomic E-state index is 12.0. The number of aryl methyl sites for hydroxylation is 1. The van der Waals surface area contributed by atoms with Crippen molar-refractivity contribution in [3.8, 4) is 0 Å². The fourth-order valence-corrected chi connectivity index (χ4v) is 2.06. The first-order valence-electron chi connectivity index (χ1n) is 5.72. The molecule has 0 atom stereocenters. The highest BCUT2D eigenvalue weighted by Gasteiger charge is 2.31. The molecule has 96 valence electrons. The topological polar surface area (TPSA) is 92.5 Å². The van der Waals surface area contributed by atoms with Crippen molar-refractivity contribution in [1.82, 2.24) is 5.32 Å². The SMILES string of the molecule is Cc1cccc([N+](=O)[O-])c1C(=O)NC1CC(O)C1. The number of hydrogen-bond donors (Lipinski definition) is 2. The van der Waals surface area contributed by atoms with Gasteiger partial charge >= 0.3 is 0 Å². The fraction of sp³-hybridized carbons (Fsp3) is 0.417. The van der Waals surface area contributed by atoms with Gasteiger partial charge in [0.2, 0.25) is 0 Å². The Morgan fingerprint density at radius 1 is 1.50 bits per heavy atom. The van der Waals surface area contributed by atoms with Crippen LogP contribution in [0.3, 0.4) is 0 Å². The van der Waals surface area contributed by atoms with Gasteiger partial charge in [0.05, 0.1) is 11.0 Å². The zero-order chi connectivity index (χ0) is 13.3. The van der Waals surface area contributed by atoms with Gasteiger partial charge in [-0.2, -0.15) is 0 Å². The van der Waals surface area contributed by atoms with Gasteiger partial charge in [-0.25, -0.2) is 0 Å². The smallest absolute Gasteiger partial charge is 0.282 e. The second-order valence-electron chi connectivity index (χ2n) is 4.52. The van der Waals surface area contributed by atoms with Gasteiger partial charge < -0.3 is 10.4 Å². The van der Waals surface area contributed by atoms with E-state index in [1.165, 1.54) is 6.07 Å². The minimum absolute atomic E-state index is 0.0910. The number of nitrogens with one attached hydrogen (secondary N) is 1. The van der Waals surface area contributed by atoms with Crippen LogP contribution >= 0.6 is 0 Å². The van der Waals surface area contributed by atoms with Crippen LogP contribution in [0.5, 0.6) is 0 Å². The van der Waals surface area contributed by atoms with Crippen LogP contribution in [0.15, 0.2) is 18.2 Å². The molecule has 0 radical (unpaired) electrons. The fourth-order valence-electron chi connectivity index (χ4n) is 2.06. The summed E-state index contributed by atoms with van der Waals surface area (Å²) in [5.41, 5.74) is 0.484. The average molecular weight is 250 g/mol. The van der Waals surface area contributed by atoms with E-state index in [0.717, 1.165) is 0 Å². The summed E-state index contributed by atoms with van der Waals surface area (Å²) in [6.07, 6.45) is 0.638. The second kappa shape index (κ2) is 4.73. The summed E-state index contributed by atoms with van der Waals surface area (Å²) in [7, 11) is 0. The molecule has 0 heterocycles. The summed E-state index contributed by atoms with van der Waals surface area (Å²) >= 11 is 0. The Morgan fingerprint density at radius 3 is 2.72 bits per heavy atom. The first-order chi connectivity index (χ1) is 8.49. The molecule has 1 aliphatic carbocycles. The number of aliphatic hydroxyl groups excluding tert-OH is 1. The number of rotatable bonds is 3. The normalized spacial score (nSPS) is 22.1. The largest absolute Gasteiger partial charge is 0.393 e. The summed E-state index contributed by atoms with van der Waals surface area (Å²) in [4.78, 5) is 22.3. The molecule has 0 spiro atoms. The van der Waals surface area contributed by atoms with Crippen molar-refractivity contribution < 1.29 is 14.8 Å². The van der Waals surface area contributed by atoms with Gasteiger partial charge in [-0.1, -0.05) is 12.1 Å². The van der Waals surface area contributed by atoms with Crippen molar-refractivity contribution >= 4 is 11.6 Å². The van der Waals surface area contributed by atoms with E-state index in [1.54, 1.807) is 19.1 Å². The molecule has 2 N–H and O–H groups in total. The van der Waals surface area contributed by atoms with Crippen LogP contribution in [-0.4, -0.2) is 28.1 Å². The van der Waals surface area contributed by atoms with E-state index in [0.29, 0.717) is 18.4 Å². The number of carbonyl (C=O) groups is 1. The van der Waals surface area contributed by atoms with Crippen LogP contribution in [0, 0.1) is 17.0 Å². The Kier molecular flexibility index (Phi) is 3.29. The Hall–Kier alpha value is -1.95. The van der Waals surface area contributed by atoms with E-state index < -0.39 is 10.8 Å². The number of nitrogens with zero attached hydrogens (tertiary/aromatic N) is 1. The molecule has 1 fully saturated rings. The molecule has 0 aliphatic heterocycles. The van der Waals surface area contributed by atoms with Gasteiger partial charge in [0.1, 0.15) is 5.56 Å². The minimum atomic E-state index is -0.558. The van der Waals surface area contributed by atoms with Gasteiger partial charge in [0.25, 0.3) is 11.6 Å². The lowest BCUT2D eigenvalue weighted by molar-refractivity contribution is -0.385. The molecule has 1 aliphatic rings. The molecule has 0 bridgehead atoms. The van der Waals surface area contributed by atoms with Crippen LogP contribution in [-0.2, 0) is 0 Å². The van der Waals surface area contributed by atoms with Crippen molar-refractivity contribution in [1.29, 1.82) is 0 Å². The van der Waals surface area contributed by atoms with Crippen molar-refractivity contribution in [2.24, 2.45) is 0 Å². The van der Waals surface area contributed by atoms with Gasteiger partial charge in [-0.05, 0) is 25.3 Å². The van der Waals surface area contributed by atoms with E-state index in [1.807, 2.05) is 0 Å². The molecule has 6 heteroatoms. The molecular formula is C12H14N2O4. The first kappa shape index (κ1) is 12.5. The maximum Gasteiger partial charge on any atom is 0.282 e. The molecule has 0 saturated heterocycles. The summed E-state index contributed by atoms with van der Waals surface area (Å²) in [6, 6.07) is 4.44. The highest BCUT2D eigenvalue weighted by molar-refractivity contribution is 5.99. The summed E-state index contributed by atoms with van der Waals surface area (Å²) in [5.74, 6) is -0.448. The van der Waals surface area contributed by atoms with E-state index >= 15 is 0 Å². The number of amides is 1. The number of nitro benzene ring substituents is 1. The van der Waals surface area contributed by atoms with E-state index in [9.17, 15) is 14.9 Å². The zero-order valence-corrected chi connectivity index (χ0v) is 9.92. The number of carbonyl (C=O) groups excluding carboxylic acids is 1. The Bertz CT molecular complexity index is 495. The molecular weight excluding hydrogens is 236 g/mol. The minimum Gasteiger partial charge on any atom is -0.393 e. The number of nitro groups is 1. The number of aliphatic hydroxyl groups is 1. The van der Waals surface area contributed by atoms with Crippen LogP contribution in [0.4, 0.5) is 5.69 Å². The van der Waals surface area contributed by atoms with Gasteiger partial charge in [-0.15, -0.1) is 0 Å². The lowest BCUT2D eigenvalue weighted by Crippen LogP contribution is -2.47. The Labute approximate surface area is 104 Å². The standard InChI is InChI=1S/C12H14N2O4/c1-7-3-2-4-10(14(17)18)11(7)12(16)13-8-5-9(15)6-8/h2-4,8-9,15H,5-6H2,1H3,(H,13,16). The predicted octanol–water partition coefficient (Wildman–Crippen LogP) is 1.16. The quantitative estimate of drug-likeness (QED) is 0.621. The summed E-state index contributed by atoms with van der Waals surface area (Å²) < 4.78 is 0. The highest BCUT2D eigenvalue weighted by Crippen LogP contribution is 2.24. The lowest BCUT2D eigenvalue weighted by atomic mass is 9.89. The zero-order valence-electron chi connectivity index (χ0n) is 9.92. The molecule has 2 rings (SSSR count). The van der Waals surface area contributed by atoms with E-state index in [-0.39, 0.29) is 23.4 Å². The number of benzene rings is 1. The molecule has 0 aromatic heterocycles. The number of hydrogen-bond acceptors (Lipinski definition) is 4. The third-order valence-corrected chi connectivity index (χ3v) is 3.12. The highest BCUT2D eigenvalue weighted by atomic mass is 16.6. The van der Waals surface area contributed by atoms with Crippen molar-refractivity contribution in [3.05, 3.63) is 39.4 Å². The molecule has 1 saturated carbocycles. The van der Waals surface area contributed by atoms with E-state index in [4.69, 9.17) is 5.11 Å². The van der Waals surface area contributed by atoms with Gasteiger partial charge in [0, 0.05) is 12.1 Å². The molecule has 18 heavy (non-hydrogen) atoms. The van der Waals surface area contributed by atoms with Crippen LogP contribution in [0.25, 0.3) is 0 Å². The van der Waals surface area contributed by atoms with Crippen LogP contribution < -0.4 is 5.32 Å². The maximum atomic E-state index is 12.0. The monoisotopic (exact) mass is 250 g/mol. The Morgan fingerprint density at radius 2 is 2.17 bits per heavy atom. The molecule has 6 nitrogen and oxygen atoms in total. The van der Waals surface area contributed by atoms with Crippen molar-refractivity contribution in [3.63, 3.8) is 0 Å². The predicted molar refractivity (Wildman–Crippen MR) is 64.3 cm³/mol. The second-order valence-corrected chi connectivity index (χ2v) is 4.52. The first-order valence-corrected chi connectivity index (χ1v) is 5.72. The third kappa shape index (κ3) is 2.33. The molecule has 0 unspecified atom stereocenters. The summed E-state index contributed by atoms with van der Waals surface area (Å²) in [6.45, 7) is 1.66. The van der Waals surface area contributed by atoms with Crippen LogP contribution in [0.2, 0.25) is 0 Å². The van der Waals surface area contributed by atoms with Gasteiger partial charge in [0.15, 0.2) is 0 Å². The lowest BCUT2D eigenvalue weighted by Gasteiger charge is -2.32. The van der Waals surface area contributed by atoms with Crippen molar-refractivity contribution in [2.75, 3.05) is 0 Å². The Balaban J connectivity index is 2.21. The third-order valence-electron chi connectivity index (χ3n) is 3.12. The summed E-state index contributed by atoms with van der Waals surface area (Å²) in [5, 5.41) is 22.7. The molecule has 1 aromatic carbocycles. The van der Waals surface area contributed by atoms with Crippen molar-refractivity contribution in [2.45, 2.75) is 31.9 Å². The van der Waals surface area contributed by atoms with Crippen LogP contribution in [0.1, 0.15) is 28.8 Å². The molecule has 1 amide bonds. The van der Waals surface area contributed by atoms with Gasteiger partial charge in [-0.3, -0.25) is 14.9 Å². The average Bonchev–Trinajstić information content (AvgIpc) is 2.26. The molecule has 1 aromatic rings. The van der Waals surface area contributed by atoms with E-state index in [2.05, 4.69) is 5.32 Å².